The van der Waals surface area contributed by atoms with Crippen LogP contribution in [0.25, 0.3) is 0 Å². The lowest BCUT2D eigenvalue weighted by Gasteiger charge is -2.22. The largest absolute Gasteiger partial charge is 0.322 e. The third kappa shape index (κ3) is 4.00. The van der Waals surface area contributed by atoms with Crippen molar-refractivity contribution in [2.24, 2.45) is 11.7 Å². The van der Waals surface area contributed by atoms with Crippen molar-refractivity contribution in [1.29, 1.82) is 5.26 Å². The van der Waals surface area contributed by atoms with Gasteiger partial charge in [-0.15, -0.1) is 0 Å². The van der Waals surface area contributed by atoms with Gasteiger partial charge in [0.1, 0.15) is 0 Å². The van der Waals surface area contributed by atoms with Crippen molar-refractivity contribution in [3.05, 3.63) is 47.3 Å². The van der Waals surface area contributed by atoms with Crippen molar-refractivity contribution in [3.63, 3.8) is 0 Å². The second kappa shape index (κ2) is 7.75. The van der Waals surface area contributed by atoms with E-state index in [-0.39, 0.29) is 12.5 Å². The number of hydrogen-bond donors (Lipinski definition) is 1. The van der Waals surface area contributed by atoms with E-state index in [9.17, 15) is 4.79 Å². The molecule has 0 fully saturated rings. The quantitative estimate of drug-likeness (QED) is 0.882. The molecule has 2 N–H and O–H groups in total. The molecule has 1 amide bonds. The molecule has 0 saturated carbocycles. The molecule has 1 aromatic carbocycles. The van der Waals surface area contributed by atoms with Crippen LogP contribution in [0, 0.1) is 24.2 Å². The SMILES string of the molecule is Cc1c(N(Cc2cccc(C#N)c2)C(=O)CN)cnn1CC(C)C. The molecule has 0 unspecified atom stereocenters. The molecule has 24 heavy (non-hydrogen) atoms. The molecule has 2 aromatic rings. The van der Waals surface area contributed by atoms with Gasteiger partial charge in [-0.1, -0.05) is 26.0 Å². The summed E-state index contributed by atoms with van der Waals surface area (Å²) in [5, 5.41) is 13.4. The van der Waals surface area contributed by atoms with Gasteiger partial charge in [-0.2, -0.15) is 10.4 Å². The number of rotatable bonds is 6. The lowest BCUT2D eigenvalue weighted by atomic mass is 10.1. The highest BCUT2D eigenvalue weighted by molar-refractivity contribution is 5.95. The Bertz CT molecular complexity index is 757. The van der Waals surface area contributed by atoms with Crippen molar-refractivity contribution < 1.29 is 4.79 Å². The fraction of sp³-hybridized carbons (Fsp3) is 0.389. The molecule has 0 bridgehead atoms. The first-order chi connectivity index (χ1) is 11.5. The van der Waals surface area contributed by atoms with Crippen molar-refractivity contribution >= 4 is 11.6 Å². The van der Waals surface area contributed by atoms with E-state index >= 15 is 0 Å². The first-order valence-corrected chi connectivity index (χ1v) is 7.98. The summed E-state index contributed by atoms with van der Waals surface area (Å²) in [6, 6.07) is 9.35. The van der Waals surface area contributed by atoms with Gasteiger partial charge in [0.15, 0.2) is 0 Å². The average Bonchev–Trinajstić information content (AvgIpc) is 2.92. The van der Waals surface area contributed by atoms with E-state index in [0.717, 1.165) is 23.5 Å². The van der Waals surface area contributed by atoms with E-state index in [4.69, 9.17) is 11.0 Å². The number of aromatic nitrogens is 2. The highest BCUT2D eigenvalue weighted by Gasteiger charge is 2.20. The Morgan fingerprint density at radius 2 is 2.21 bits per heavy atom. The van der Waals surface area contributed by atoms with Crippen molar-refractivity contribution in [2.45, 2.75) is 33.9 Å². The van der Waals surface area contributed by atoms with Gasteiger partial charge in [0, 0.05) is 6.54 Å². The zero-order chi connectivity index (χ0) is 17.7. The predicted molar refractivity (Wildman–Crippen MR) is 93.2 cm³/mol. The number of anilines is 1. The van der Waals surface area contributed by atoms with Gasteiger partial charge < -0.3 is 10.6 Å². The lowest BCUT2D eigenvalue weighted by molar-refractivity contribution is -0.117. The molecule has 0 atom stereocenters. The maximum absolute atomic E-state index is 12.4. The van der Waals surface area contributed by atoms with Gasteiger partial charge >= 0.3 is 0 Å². The third-order valence-electron chi connectivity index (χ3n) is 3.78. The number of hydrogen-bond acceptors (Lipinski definition) is 4. The van der Waals surface area contributed by atoms with Crippen LogP contribution in [-0.2, 0) is 17.9 Å². The molecule has 0 radical (unpaired) electrons. The Morgan fingerprint density at radius 1 is 1.46 bits per heavy atom. The third-order valence-corrected chi connectivity index (χ3v) is 3.78. The average molecular weight is 325 g/mol. The molecule has 0 aliphatic heterocycles. The minimum Gasteiger partial charge on any atom is -0.322 e. The Kier molecular flexibility index (Phi) is 5.72. The molecule has 6 nitrogen and oxygen atoms in total. The Hall–Kier alpha value is -2.65. The molecule has 0 saturated heterocycles. The second-order valence-corrected chi connectivity index (χ2v) is 6.19. The van der Waals surface area contributed by atoms with Crippen LogP contribution in [0.1, 0.15) is 30.7 Å². The number of carbonyl (C=O) groups excluding carboxylic acids is 1. The first-order valence-electron chi connectivity index (χ1n) is 7.98. The van der Waals surface area contributed by atoms with Crippen LogP contribution in [0.5, 0.6) is 0 Å². The molecule has 2 rings (SSSR count). The van der Waals surface area contributed by atoms with E-state index in [2.05, 4.69) is 25.0 Å². The van der Waals surface area contributed by atoms with Crippen molar-refractivity contribution in [2.75, 3.05) is 11.4 Å². The summed E-state index contributed by atoms with van der Waals surface area (Å²) in [4.78, 5) is 14.0. The maximum atomic E-state index is 12.4. The monoisotopic (exact) mass is 325 g/mol. The smallest absolute Gasteiger partial charge is 0.241 e. The van der Waals surface area contributed by atoms with Gasteiger partial charge in [-0.3, -0.25) is 9.48 Å². The normalized spacial score (nSPS) is 10.7. The summed E-state index contributed by atoms with van der Waals surface area (Å²) >= 11 is 0. The Balaban J connectivity index is 2.34. The summed E-state index contributed by atoms with van der Waals surface area (Å²) in [6.07, 6.45) is 1.71. The van der Waals surface area contributed by atoms with E-state index in [1.807, 2.05) is 23.7 Å². The van der Waals surface area contributed by atoms with E-state index in [1.54, 1.807) is 23.2 Å². The molecule has 6 heteroatoms. The topological polar surface area (TPSA) is 87.9 Å². The summed E-state index contributed by atoms with van der Waals surface area (Å²) in [6.45, 7) is 7.27. The van der Waals surface area contributed by atoms with Gasteiger partial charge in [0.05, 0.1) is 42.3 Å². The summed E-state index contributed by atoms with van der Waals surface area (Å²) in [5.74, 6) is 0.284. The molecule has 126 valence electrons. The molecular weight excluding hydrogens is 302 g/mol. The summed E-state index contributed by atoms with van der Waals surface area (Å²) in [5.41, 5.74) is 8.73. The number of nitrogens with two attached hydrogens (primary N) is 1. The summed E-state index contributed by atoms with van der Waals surface area (Å²) in [7, 11) is 0. The highest BCUT2D eigenvalue weighted by atomic mass is 16.2. The van der Waals surface area contributed by atoms with Crippen molar-refractivity contribution in [3.8, 4) is 6.07 Å². The van der Waals surface area contributed by atoms with Crippen LogP contribution in [0.4, 0.5) is 5.69 Å². The van der Waals surface area contributed by atoms with Gasteiger partial charge in [-0.05, 0) is 30.5 Å². The van der Waals surface area contributed by atoms with Gasteiger partial charge in [0.2, 0.25) is 5.91 Å². The fourth-order valence-electron chi connectivity index (χ4n) is 2.57. The Labute approximate surface area is 142 Å². The van der Waals surface area contributed by atoms with Crippen molar-refractivity contribution in [1.82, 2.24) is 9.78 Å². The highest BCUT2D eigenvalue weighted by Crippen LogP contribution is 2.23. The van der Waals surface area contributed by atoms with Crippen LogP contribution in [0.2, 0.25) is 0 Å². The maximum Gasteiger partial charge on any atom is 0.241 e. The predicted octanol–water partition coefficient (Wildman–Crippen LogP) is 2.21. The van der Waals surface area contributed by atoms with Gasteiger partial charge in [-0.25, -0.2) is 0 Å². The van der Waals surface area contributed by atoms with Crippen LogP contribution in [0.15, 0.2) is 30.5 Å². The zero-order valence-electron chi connectivity index (χ0n) is 14.4. The number of amides is 1. The molecule has 1 aromatic heterocycles. The molecule has 0 aliphatic rings. The fourth-order valence-corrected chi connectivity index (χ4v) is 2.57. The number of carbonyl (C=O) groups is 1. The lowest BCUT2D eigenvalue weighted by Crippen LogP contribution is -2.36. The Morgan fingerprint density at radius 3 is 2.83 bits per heavy atom. The minimum atomic E-state index is -0.176. The zero-order valence-corrected chi connectivity index (χ0v) is 14.4. The number of nitriles is 1. The number of benzene rings is 1. The number of nitrogens with zero attached hydrogens (tertiary/aromatic N) is 4. The molecule has 0 aliphatic carbocycles. The minimum absolute atomic E-state index is 0.0766. The van der Waals surface area contributed by atoms with E-state index < -0.39 is 0 Å². The van der Waals surface area contributed by atoms with Gasteiger partial charge in [0.25, 0.3) is 0 Å². The van der Waals surface area contributed by atoms with Crippen LogP contribution >= 0.6 is 0 Å². The van der Waals surface area contributed by atoms with E-state index in [0.29, 0.717) is 18.0 Å². The molecule has 0 spiro atoms. The standard InChI is InChI=1S/C18H23N5O/c1-13(2)11-23-14(3)17(10-21-23)22(18(24)9-20)12-16-6-4-5-15(7-16)8-19/h4-7,10,13H,9,11-12,20H2,1-3H3. The van der Waals surface area contributed by atoms with Crippen LogP contribution in [-0.4, -0.2) is 22.2 Å². The molecular formula is C18H23N5O. The van der Waals surface area contributed by atoms with Crippen LogP contribution < -0.4 is 10.6 Å². The molecule has 1 heterocycles. The van der Waals surface area contributed by atoms with Crippen LogP contribution in [0.3, 0.4) is 0 Å². The second-order valence-electron chi connectivity index (χ2n) is 6.19. The van der Waals surface area contributed by atoms with E-state index in [1.165, 1.54) is 0 Å². The first kappa shape index (κ1) is 17.7. The summed E-state index contributed by atoms with van der Waals surface area (Å²) < 4.78 is 1.91.